The average Bonchev–Trinajstić information content (AvgIpc) is 3.32. The third-order valence-electron chi connectivity index (χ3n) is 5.74. The maximum atomic E-state index is 12.5. The van der Waals surface area contributed by atoms with Crippen molar-refractivity contribution in [1.29, 1.82) is 0 Å². The summed E-state index contributed by atoms with van der Waals surface area (Å²) in [6, 6.07) is 0.245. The molecule has 2 heterocycles. The molecule has 0 bridgehead atoms. The van der Waals surface area contributed by atoms with E-state index in [-0.39, 0.29) is 36.8 Å². The molecule has 0 aromatic rings. The lowest BCUT2D eigenvalue weighted by Gasteiger charge is -2.27. The number of hydrogen-bond donors (Lipinski definition) is 1. The first kappa shape index (κ1) is 20.2. The minimum Gasteiger partial charge on any atom is -0.350 e. The highest BCUT2D eigenvalue weighted by atomic mass is 35.5. The molecule has 3 fully saturated rings. The standard InChI is InChI=1S/C19H31N3O2.ClH/c1-3-14(2)10-21-11-16(15-7-8-15)17(12-21)20-18(23)13-22-9-5-4-6-19(22)24;/h3,15-17H,4-13H2,1-2H3,(H,20,23);1H/t16-,17+;/m1./s1. The van der Waals surface area contributed by atoms with E-state index in [2.05, 4.69) is 30.1 Å². The van der Waals surface area contributed by atoms with Gasteiger partial charge in [0, 0.05) is 38.6 Å². The van der Waals surface area contributed by atoms with Crippen LogP contribution in [0.25, 0.3) is 0 Å². The molecule has 2 atom stereocenters. The molecule has 142 valence electrons. The molecule has 3 rings (SSSR count). The van der Waals surface area contributed by atoms with E-state index in [1.54, 1.807) is 4.90 Å². The molecule has 2 saturated heterocycles. The summed E-state index contributed by atoms with van der Waals surface area (Å²) in [4.78, 5) is 28.5. The molecular formula is C19H32ClN3O2. The number of halogens is 1. The van der Waals surface area contributed by atoms with Gasteiger partial charge in [-0.3, -0.25) is 14.5 Å². The molecule has 2 aliphatic heterocycles. The highest BCUT2D eigenvalue weighted by Gasteiger charge is 2.43. The lowest BCUT2D eigenvalue weighted by atomic mass is 9.98. The van der Waals surface area contributed by atoms with Crippen molar-refractivity contribution in [3.63, 3.8) is 0 Å². The van der Waals surface area contributed by atoms with Crippen LogP contribution in [0, 0.1) is 11.8 Å². The number of carbonyl (C=O) groups is 2. The molecule has 1 saturated carbocycles. The van der Waals surface area contributed by atoms with E-state index in [1.807, 2.05) is 0 Å². The molecule has 2 amide bonds. The summed E-state index contributed by atoms with van der Waals surface area (Å²) < 4.78 is 0. The molecule has 0 radical (unpaired) electrons. The summed E-state index contributed by atoms with van der Waals surface area (Å²) in [6.07, 6.45) is 7.35. The van der Waals surface area contributed by atoms with Crippen LogP contribution in [0.1, 0.15) is 46.0 Å². The number of carbonyl (C=O) groups excluding carboxylic acids is 2. The van der Waals surface area contributed by atoms with Crippen molar-refractivity contribution in [2.75, 3.05) is 32.7 Å². The number of nitrogens with zero attached hydrogens (tertiary/aromatic N) is 2. The summed E-state index contributed by atoms with van der Waals surface area (Å²) in [7, 11) is 0. The Labute approximate surface area is 157 Å². The second-order valence-corrected chi connectivity index (χ2v) is 7.78. The Morgan fingerprint density at radius 1 is 1.24 bits per heavy atom. The molecule has 0 unspecified atom stereocenters. The Hall–Kier alpha value is -1.07. The number of rotatable bonds is 6. The van der Waals surface area contributed by atoms with E-state index in [0.29, 0.717) is 12.3 Å². The van der Waals surface area contributed by atoms with E-state index in [0.717, 1.165) is 44.9 Å². The lowest BCUT2D eigenvalue weighted by molar-refractivity contribution is -0.138. The van der Waals surface area contributed by atoms with Crippen molar-refractivity contribution in [3.05, 3.63) is 11.6 Å². The summed E-state index contributed by atoms with van der Waals surface area (Å²) in [5.41, 5.74) is 1.38. The molecule has 0 aromatic carbocycles. The molecule has 5 nitrogen and oxygen atoms in total. The van der Waals surface area contributed by atoms with Crippen LogP contribution in [0.2, 0.25) is 0 Å². The van der Waals surface area contributed by atoms with E-state index in [1.165, 1.54) is 18.4 Å². The number of hydrogen-bond acceptors (Lipinski definition) is 3. The minimum absolute atomic E-state index is 0. The number of nitrogens with one attached hydrogen (secondary N) is 1. The van der Waals surface area contributed by atoms with Gasteiger partial charge in [-0.15, -0.1) is 12.4 Å². The molecule has 25 heavy (non-hydrogen) atoms. The van der Waals surface area contributed by atoms with Gasteiger partial charge in [0.1, 0.15) is 0 Å². The Balaban J connectivity index is 0.00000225. The molecule has 1 aliphatic carbocycles. The van der Waals surface area contributed by atoms with Gasteiger partial charge in [0.05, 0.1) is 6.54 Å². The Morgan fingerprint density at radius 3 is 2.64 bits per heavy atom. The lowest BCUT2D eigenvalue weighted by Crippen LogP contribution is -2.48. The monoisotopic (exact) mass is 369 g/mol. The third kappa shape index (κ3) is 5.45. The zero-order valence-electron chi connectivity index (χ0n) is 15.5. The largest absolute Gasteiger partial charge is 0.350 e. The van der Waals surface area contributed by atoms with Crippen LogP contribution in [0.15, 0.2) is 11.6 Å². The normalized spacial score (nSPS) is 28.0. The van der Waals surface area contributed by atoms with E-state index < -0.39 is 0 Å². The number of allylic oxidation sites excluding steroid dienone is 1. The summed E-state index contributed by atoms with van der Waals surface area (Å²) in [5, 5.41) is 3.25. The minimum atomic E-state index is 0. The van der Waals surface area contributed by atoms with Crippen LogP contribution >= 0.6 is 12.4 Å². The summed E-state index contributed by atoms with van der Waals surface area (Å²) in [5.74, 6) is 1.51. The molecule has 3 aliphatic rings. The first-order chi connectivity index (χ1) is 11.6. The maximum Gasteiger partial charge on any atom is 0.239 e. The van der Waals surface area contributed by atoms with Gasteiger partial charge in [-0.25, -0.2) is 0 Å². The van der Waals surface area contributed by atoms with Crippen LogP contribution in [-0.2, 0) is 9.59 Å². The number of amides is 2. The Kier molecular flexibility index (Phi) is 7.32. The Bertz CT molecular complexity index is 519. The van der Waals surface area contributed by atoms with Crippen LogP contribution < -0.4 is 5.32 Å². The maximum absolute atomic E-state index is 12.5. The van der Waals surface area contributed by atoms with Gasteiger partial charge in [0.15, 0.2) is 0 Å². The van der Waals surface area contributed by atoms with Crippen molar-refractivity contribution in [1.82, 2.24) is 15.1 Å². The summed E-state index contributed by atoms with van der Waals surface area (Å²) in [6.45, 7) is 8.24. The van der Waals surface area contributed by atoms with Crippen molar-refractivity contribution in [2.24, 2.45) is 11.8 Å². The topological polar surface area (TPSA) is 52.7 Å². The molecular weight excluding hydrogens is 338 g/mol. The first-order valence-electron chi connectivity index (χ1n) is 9.48. The van der Waals surface area contributed by atoms with Crippen LogP contribution in [0.3, 0.4) is 0 Å². The smallest absolute Gasteiger partial charge is 0.239 e. The summed E-state index contributed by atoms with van der Waals surface area (Å²) >= 11 is 0. The van der Waals surface area contributed by atoms with Gasteiger partial charge < -0.3 is 10.2 Å². The van der Waals surface area contributed by atoms with Crippen LogP contribution in [0.5, 0.6) is 0 Å². The number of likely N-dealkylation sites (tertiary alicyclic amines) is 2. The molecule has 0 spiro atoms. The van der Waals surface area contributed by atoms with Gasteiger partial charge in [-0.05, 0) is 51.4 Å². The third-order valence-corrected chi connectivity index (χ3v) is 5.74. The highest BCUT2D eigenvalue weighted by Crippen LogP contribution is 2.41. The van der Waals surface area contributed by atoms with Crippen molar-refractivity contribution < 1.29 is 9.59 Å². The quantitative estimate of drug-likeness (QED) is 0.730. The van der Waals surface area contributed by atoms with E-state index in [4.69, 9.17) is 0 Å². The second kappa shape index (κ2) is 9.04. The SMILES string of the molecule is CC=C(C)CN1C[C@H](NC(=O)CN2CCCCC2=O)[C@@H](C2CC2)C1.Cl. The zero-order chi connectivity index (χ0) is 17.1. The van der Waals surface area contributed by atoms with Gasteiger partial charge in [0.2, 0.25) is 11.8 Å². The highest BCUT2D eigenvalue weighted by molar-refractivity contribution is 5.85. The van der Waals surface area contributed by atoms with Gasteiger partial charge in [0.25, 0.3) is 0 Å². The Morgan fingerprint density at radius 2 is 2.00 bits per heavy atom. The van der Waals surface area contributed by atoms with Gasteiger partial charge in [-0.2, -0.15) is 0 Å². The zero-order valence-corrected chi connectivity index (χ0v) is 16.3. The van der Waals surface area contributed by atoms with Crippen LogP contribution in [-0.4, -0.2) is 60.4 Å². The first-order valence-corrected chi connectivity index (χ1v) is 9.48. The van der Waals surface area contributed by atoms with E-state index in [9.17, 15) is 9.59 Å². The second-order valence-electron chi connectivity index (χ2n) is 7.78. The van der Waals surface area contributed by atoms with Gasteiger partial charge >= 0.3 is 0 Å². The molecule has 6 heteroatoms. The molecule has 0 aromatic heterocycles. The predicted molar refractivity (Wildman–Crippen MR) is 102 cm³/mol. The predicted octanol–water partition coefficient (Wildman–Crippen LogP) is 2.21. The van der Waals surface area contributed by atoms with Gasteiger partial charge in [-0.1, -0.05) is 11.6 Å². The van der Waals surface area contributed by atoms with Crippen molar-refractivity contribution in [3.8, 4) is 0 Å². The molecule has 1 N–H and O–H groups in total. The fraction of sp³-hybridized carbons (Fsp3) is 0.789. The fourth-order valence-electron chi connectivity index (χ4n) is 4.10. The van der Waals surface area contributed by atoms with Crippen LogP contribution in [0.4, 0.5) is 0 Å². The van der Waals surface area contributed by atoms with Crippen molar-refractivity contribution in [2.45, 2.75) is 52.0 Å². The van der Waals surface area contributed by atoms with E-state index >= 15 is 0 Å². The average molecular weight is 370 g/mol. The fourth-order valence-corrected chi connectivity index (χ4v) is 4.10. The number of piperidine rings is 1. The van der Waals surface area contributed by atoms with Crippen molar-refractivity contribution >= 4 is 24.2 Å².